The number of hydrogen-bond donors (Lipinski definition) is 1. The fourth-order valence-electron chi connectivity index (χ4n) is 2.02. The van der Waals surface area contributed by atoms with Crippen LogP contribution in [0, 0.1) is 0 Å². The summed E-state index contributed by atoms with van der Waals surface area (Å²) in [5.74, 6) is 1.90. The molecule has 0 radical (unpaired) electrons. The molecule has 1 N–H and O–H groups in total. The number of rotatable bonds is 5. The lowest BCUT2D eigenvalue weighted by atomic mass is 10.1. The zero-order valence-electron chi connectivity index (χ0n) is 11.1. The maximum Gasteiger partial charge on any atom is 0.130 e. The molecule has 4 nitrogen and oxygen atoms in total. The molecule has 96 valence electrons. The van der Waals surface area contributed by atoms with Crippen molar-refractivity contribution in [2.75, 3.05) is 13.7 Å². The van der Waals surface area contributed by atoms with Crippen LogP contribution < -0.4 is 10.1 Å². The van der Waals surface area contributed by atoms with Crippen molar-refractivity contribution in [2.24, 2.45) is 7.05 Å². The normalized spacial score (nSPS) is 12.4. The second-order valence-electron chi connectivity index (χ2n) is 4.12. The van der Waals surface area contributed by atoms with Crippen LogP contribution >= 0.6 is 0 Å². The first-order valence-corrected chi connectivity index (χ1v) is 6.13. The summed E-state index contributed by atoms with van der Waals surface area (Å²) in [7, 11) is 3.94. The average Bonchev–Trinajstić information content (AvgIpc) is 2.79. The number of benzene rings is 1. The second kappa shape index (κ2) is 5.69. The molecule has 1 aromatic heterocycles. The molecule has 0 saturated heterocycles. The molecular weight excluding hydrogens is 226 g/mol. The Bertz CT molecular complexity index is 490. The van der Waals surface area contributed by atoms with Gasteiger partial charge < -0.3 is 14.6 Å². The number of aromatic nitrogens is 2. The Morgan fingerprint density at radius 2 is 2.06 bits per heavy atom. The third-order valence-electron chi connectivity index (χ3n) is 2.93. The lowest BCUT2D eigenvalue weighted by Crippen LogP contribution is -2.21. The van der Waals surface area contributed by atoms with Crippen molar-refractivity contribution >= 4 is 0 Å². The summed E-state index contributed by atoms with van der Waals surface area (Å²) in [6.45, 7) is 2.67. The Morgan fingerprint density at radius 3 is 2.56 bits per heavy atom. The minimum atomic E-state index is 0.0978. The van der Waals surface area contributed by atoms with Gasteiger partial charge in [-0.2, -0.15) is 0 Å². The lowest BCUT2D eigenvalue weighted by Gasteiger charge is -2.16. The third kappa shape index (κ3) is 2.54. The number of aryl methyl sites for hydroxylation is 1. The van der Waals surface area contributed by atoms with Gasteiger partial charge in [0.2, 0.25) is 0 Å². The van der Waals surface area contributed by atoms with Crippen molar-refractivity contribution in [3.05, 3.63) is 48.0 Å². The average molecular weight is 245 g/mol. The SMILES string of the molecule is CCOc1ccc(C(NC)c2nccn2C)cc1. The van der Waals surface area contributed by atoms with Gasteiger partial charge in [-0.1, -0.05) is 12.1 Å². The summed E-state index contributed by atoms with van der Waals surface area (Å²) >= 11 is 0. The van der Waals surface area contributed by atoms with Gasteiger partial charge >= 0.3 is 0 Å². The van der Waals surface area contributed by atoms with E-state index in [4.69, 9.17) is 4.74 Å². The molecule has 0 spiro atoms. The summed E-state index contributed by atoms with van der Waals surface area (Å²) in [5.41, 5.74) is 1.18. The molecule has 1 heterocycles. The van der Waals surface area contributed by atoms with E-state index in [0.29, 0.717) is 6.61 Å². The first kappa shape index (κ1) is 12.6. The van der Waals surface area contributed by atoms with E-state index in [9.17, 15) is 0 Å². The zero-order valence-corrected chi connectivity index (χ0v) is 11.1. The molecule has 18 heavy (non-hydrogen) atoms. The molecule has 4 heteroatoms. The number of ether oxygens (including phenoxy) is 1. The molecule has 0 aliphatic carbocycles. The molecule has 0 amide bonds. The summed E-state index contributed by atoms with van der Waals surface area (Å²) in [4.78, 5) is 4.39. The largest absolute Gasteiger partial charge is 0.494 e. The fourth-order valence-corrected chi connectivity index (χ4v) is 2.02. The van der Waals surface area contributed by atoms with Crippen LogP contribution in [0.25, 0.3) is 0 Å². The first-order valence-electron chi connectivity index (χ1n) is 6.13. The molecular formula is C14H19N3O. The van der Waals surface area contributed by atoms with Crippen LogP contribution in [-0.2, 0) is 7.05 Å². The zero-order chi connectivity index (χ0) is 13.0. The summed E-state index contributed by atoms with van der Waals surface area (Å²) < 4.78 is 7.47. The number of hydrogen-bond acceptors (Lipinski definition) is 3. The number of nitrogens with zero attached hydrogens (tertiary/aromatic N) is 2. The van der Waals surface area contributed by atoms with Crippen LogP contribution in [-0.4, -0.2) is 23.2 Å². The van der Waals surface area contributed by atoms with E-state index in [1.54, 1.807) is 0 Å². The van der Waals surface area contributed by atoms with Gasteiger partial charge in [-0.3, -0.25) is 0 Å². The maximum absolute atomic E-state index is 5.45. The van der Waals surface area contributed by atoms with E-state index in [1.807, 2.05) is 50.1 Å². The van der Waals surface area contributed by atoms with Crippen LogP contribution in [0.5, 0.6) is 5.75 Å². The van der Waals surface area contributed by atoms with Crippen LogP contribution in [0.1, 0.15) is 24.4 Å². The topological polar surface area (TPSA) is 39.1 Å². The Labute approximate surface area is 108 Å². The molecule has 2 rings (SSSR count). The van der Waals surface area contributed by atoms with Crippen molar-refractivity contribution in [2.45, 2.75) is 13.0 Å². The van der Waals surface area contributed by atoms with Crippen LogP contribution in [0.4, 0.5) is 0 Å². The van der Waals surface area contributed by atoms with E-state index >= 15 is 0 Å². The summed E-state index contributed by atoms with van der Waals surface area (Å²) in [6.07, 6.45) is 3.77. The van der Waals surface area contributed by atoms with Gasteiger partial charge in [0, 0.05) is 19.4 Å². The van der Waals surface area contributed by atoms with Gasteiger partial charge in [-0.25, -0.2) is 4.98 Å². The molecule has 1 unspecified atom stereocenters. The number of nitrogens with one attached hydrogen (secondary N) is 1. The molecule has 0 aliphatic heterocycles. The van der Waals surface area contributed by atoms with E-state index in [-0.39, 0.29) is 6.04 Å². The van der Waals surface area contributed by atoms with Gasteiger partial charge in [0.1, 0.15) is 11.6 Å². The van der Waals surface area contributed by atoms with Crippen molar-refractivity contribution < 1.29 is 4.74 Å². The van der Waals surface area contributed by atoms with Crippen molar-refractivity contribution in [1.29, 1.82) is 0 Å². The molecule has 1 aromatic carbocycles. The van der Waals surface area contributed by atoms with Crippen LogP contribution in [0.3, 0.4) is 0 Å². The predicted octanol–water partition coefficient (Wildman–Crippen LogP) is 2.13. The van der Waals surface area contributed by atoms with Crippen molar-refractivity contribution in [3.63, 3.8) is 0 Å². The summed E-state index contributed by atoms with van der Waals surface area (Å²) in [5, 5.41) is 3.29. The third-order valence-corrected chi connectivity index (χ3v) is 2.93. The Balaban J connectivity index is 2.25. The highest BCUT2D eigenvalue weighted by Crippen LogP contribution is 2.22. The van der Waals surface area contributed by atoms with Gasteiger partial charge in [0.25, 0.3) is 0 Å². The van der Waals surface area contributed by atoms with Gasteiger partial charge in [-0.15, -0.1) is 0 Å². The molecule has 0 bridgehead atoms. The van der Waals surface area contributed by atoms with Gasteiger partial charge in [-0.05, 0) is 31.7 Å². The highest BCUT2D eigenvalue weighted by Gasteiger charge is 2.15. The quantitative estimate of drug-likeness (QED) is 0.877. The van der Waals surface area contributed by atoms with Crippen LogP contribution in [0.15, 0.2) is 36.7 Å². The highest BCUT2D eigenvalue weighted by atomic mass is 16.5. The molecule has 0 saturated carbocycles. The molecule has 2 aromatic rings. The van der Waals surface area contributed by atoms with Crippen molar-refractivity contribution in [1.82, 2.24) is 14.9 Å². The Hall–Kier alpha value is -1.81. The van der Waals surface area contributed by atoms with Gasteiger partial charge in [0.15, 0.2) is 0 Å². The van der Waals surface area contributed by atoms with E-state index < -0.39 is 0 Å². The minimum Gasteiger partial charge on any atom is -0.494 e. The van der Waals surface area contributed by atoms with E-state index in [1.165, 1.54) is 5.56 Å². The van der Waals surface area contributed by atoms with Crippen molar-refractivity contribution in [3.8, 4) is 5.75 Å². The molecule has 0 aliphatic rings. The van der Waals surface area contributed by atoms with E-state index in [0.717, 1.165) is 11.6 Å². The smallest absolute Gasteiger partial charge is 0.130 e. The van der Waals surface area contributed by atoms with E-state index in [2.05, 4.69) is 22.4 Å². The standard InChI is InChI=1S/C14H19N3O/c1-4-18-12-7-5-11(6-8-12)13(15-2)14-16-9-10-17(14)3/h5-10,13,15H,4H2,1-3H3. The fraction of sp³-hybridized carbons (Fsp3) is 0.357. The van der Waals surface area contributed by atoms with Crippen LogP contribution in [0.2, 0.25) is 0 Å². The van der Waals surface area contributed by atoms with Gasteiger partial charge in [0.05, 0.1) is 12.6 Å². The highest BCUT2D eigenvalue weighted by molar-refractivity contribution is 5.32. The lowest BCUT2D eigenvalue weighted by molar-refractivity contribution is 0.340. The molecule has 0 fully saturated rings. The maximum atomic E-state index is 5.45. The Morgan fingerprint density at radius 1 is 1.33 bits per heavy atom. The minimum absolute atomic E-state index is 0.0978. The Kier molecular flexibility index (Phi) is 3.99. The second-order valence-corrected chi connectivity index (χ2v) is 4.12. The predicted molar refractivity (Wildman–Crippen MR) is 71.7 cm³/mol. The number of imidazole rings is 1. The molecule has 1 atom stereocenters. The summed E-state index contributed by atoms with van der Waals surface area (Å²) in [6, 6.07) is 8.22. The monoisotopic (exact) mass is 245 g/mol. The first-order chi connectivity index (χ1) is 8.76.